The van der Waals surface area contributed by atoms with Crippen LogP contribution >= 0.6 is 0 Å². The van der Waals surface area contributed by atoms with Crippen molar-refractivity contribution < 1.29 is 33.4 Å². The largest absolute Gasteiger partial charge is 0.462 e. The number of hydroxylamine groups is 2. The second-order valence-corrected chi connectivity index (χ2v) is 7.00. The van der Waals surface area contributed by atoms with E-state index in [1.165, 1.54) is 6.92 Å². The monoisotopic (exact) mass is 327 g/mol. The molecule has 0 unspecified atom stereocenters. The molecule has 4 aliphatic heterocycles. The molecule has 0 radical (unpaired) electrons. The highest BCUT2D eigenvalue weighted by Crippen LogP contribution is 2.46. The Bertz CT molecular complexity index is 536. The topological polar surface area (TPSA) is 83.5 Å². The summed E-state index contributed by atoms with van der Waals surface area (Å²) in [5, 5.41) is 1.80. The van der Waals surface area contributed by atoms with Crippen LogP contribution in [-0.4, -0.2) is 66.4 Å². The van der Waals surface area contributed by atoms with Crippen LogP contribution in [0.4, 0.5) is 0 Å². The zero-order valence-electron chi connectivity index (χ0n) is 13.4. The van der Waals surface area contributed by atoms with Crippen LogP contribution in [0.1, 0.15) is 27.2 Å². The summed E-state index contributed by atoms with van der Waals surface area (Å²) in [5.74, 6) is -1.75. The maximum atomic E-state index is 12.5. The summed E-state index contributed by atoms with van der Waals surface area (Å²) in [6, 6.07) is -0.186. The van der Waals surface area contributed by atoms with Gasteiger partial charge in [0.05, 0.1) is 18.7 Å². The van der Waals surface area contributed by atoms with Crippen molar-refractivity contribution in [3.8, 4) is 0 Å². The van der Waals surface area contributed by atoms with Gasteiger partial charge in [-0.05, 0) is 13.8 Å². The van der Waals surface area contributed by atoms with E-state index in [1.54, 1.807) is 5.06 Å². The quantitative estimate of drug-likeness (QED) is 0.655. The van der Waals surface area contributed by atoms with Crippen molar-refractivity contribution in [1.29, 1.82) is 0 Å². The fraction of sp³-hybridized carbons (Fsp3) is 0.867. The van der Waals surface area contributed by atoms with Crippen molar-refractivity contribution in [3.05, 3.63) is 0 Å². The molecular formula is C15H21NO7. The normalized spacial score (nSPS) is 44.4. The van der Waals surface area contributed by atoms with Gasteiger partial charge in [-0.2, -0.15) is 5.06 Å². The molecule has 4 saturated heterocycles. The van der Waals surface area contributed by atoms with Gasteiger partial charge in [0.1, 0.15) is 30.8 Å². The summed E-state index contributed by atoms with van der Waals surface area (Å²) >= 11 is 0. The minimum atomic E-state index is -0.643. The smallest absolute Gasteiger partial charge is 0.313 e. The molecule has 0 amide bonds. The highest BCUT2D eigenvalue weighted by molar-refractivity contribution is 5.76. The zero-order chi connectivity index (χ0) is 16.4. The Morgan fingerprint density at radius 3 is 2.87 bits per heavy atom. The maximum absolute atomic E-state index is 12.5. The highest BCUT2D eigenvalue weighted by Gasteiger charge is 2.64. The second kappa shape index (κ2) is 5.14. The third-order valence-corrected chi connectivity index (χ3v) is 4.81. The van der Waals surface area contributed by atoms with Crippen LogP contribution < -0.4 is 0 Å². The van der Waals surface area contributed by atoms with Gasteiger partial charge in [-0.25, -0.2) is 0 Å². The number of hydrogen-bond donors (Lipinski definition) is 0. The molecule has 0 spiro atoms. The first-order valence-corrected chi connectivity index (χ1v) is 7.97. The van der Waals surface area contributed by atoms with Crippen molar-refractivity contribution in [3.63, 3.8) is 0 Å². The standard InChI is InChI=1S/C15H21NO7/c1-7(17)19-6-8-4-9-11(14(18)20-8)12-13-10(5-16(12)23-9)21-15(2,3)22-13/h8-13H,4-6H2,1-3H3/t8-,9+,10+,11-,12-,13+/m0/s1. The van der Waals surface area contributed by atoms with Gasteiger partial charge in [0.2, 0.25) is 0 Å². The van der Waals surface area contributed by atoms with Crippen molar-refractivity contribution >= 4 is 11.9 Å². The van der Waals surface area contributed by atoms with Crippen LogP contribution in [0.15, 0.2) is 0 Å². The molecule has 0 aromatic heterocycles. The number of hydrogen-bond acceptors (Lipinski definition) is 8. The van der Waals surface area contributed by atoms with Crippen molar-refractivity contribution in [2.24, 2.45) is 5.92 Å². The lowest BCUT2D eigenvalue weighted by Crippen LogP contribution is -2.48. The lowest BCUT2D eigenvalue weighted by molar-refractivity contribution is -0.207. The molecule has 23 heavy (non-hydrogen) atoms. The molecule has 0 aliphatic carbocycles. The number of ether oxygens (including phenoxy) is 4. The Balaban J connectivity index is 1.47. The average Bonchev–Trinajstić information content (AvgIpc) is 3.02. The van der Waals surface area contributed by atoms with Crippen molar-refractivity contribution in [1.82, 2.24) is 5.06 Å². The minimum absolute atomic E-state index is 0.0665. The number of nitrogens with zero attached hydrogens (tertiary/aromatic N) is 1. The Hall–Kier alpha value is -1.22. The Kier molecular flexibility index (Phi) is 3.42. The zero-order valence-corrected chi connectivity index (χ0v) is 13.4. The fourth-order valence-corrected chi connectivity index (χ4v) is 4.06. The van der Waals surface area contributed by atoms with Crippen LogP contribution in [0.25, 0.3) is 0 Å². The van der Waals surface area contributed by atoms with Gasteiger partial charge in [-0.3, -0.25) is 14.4 Å². The predicted octanol–water partition coefficient (Wildman–Crippen LogP) is -0.000700. The molecular weight excluding hydrogens is 306 g/mol. The van der Waals surface area contributed by atoms with Crippen LogP contribution in [0.5, 0.6) is 0 Å². The maximum Gasteiger partial charge on any atom is 0.313 e. The van der Waals surface area contributed by atoms with Gasteiger partial charge in [0.25, 0.3) is 0 Å². The van der Waals surface area contributed by atoms with E-state index in [9.17, 15) is 9.59 Å². The number of carbonyl (C=O) groups excluding carboxylic acids is 2. The summed E-state index contributed by atoms with van der Waals surface area (Å²) in [6.45, 7) is 5.72. The molecule has 0 bridgehead atoms. The molecule has 4 fully saturated rings. The van der Waals surface area contributed by atoms with Crippen LogP contribution in [0.3, 0.4) is 0 Å². The average molecular weight is 327 g/mol. The van der Waals surface area contributed by atoms with Crippen molar-refractivity contribution in [2.45, 2.75) is 63.4 Å². The van der Waals surface area contributed by atoms with E-state index in [2.05, 4.69) is 0 Å². The second-order valence-electron chi connectivity index (χ2n) is 7.00. The number of carbonyl (C=O) groups is 2. The third-order valence-electron chi connectivity index (χ3n) is 4.81. The van der Waals surface area contributed by atoms with E-state index in [0.29, 0.717) is 13.0 Å². The van der Waals surface area contributed by atoms with E-state index < -0.39 is 23.8 Å². The van der Waals surface area contributed by atoms with Crippen LogP contribution in [0, 0.1) is 5.92 Å². The lowest BCUT2D eigenvalue weighted by Gasteiger charge is -2.31. The summed E-state index contributed by atoms with van der Waals surface area (Å²) in [5.41, 5.74) is 0. The summed E-state index contributed by atoms with van der Waals surface area (Å²) in [7, 11) is 0. The minimum Gasteiger partial charge on any atom is -0.462 e. The first-order valence-electron chi connectivity index (χ1n) is 7.97. The summed E-state index contributed by atoms with van der Waals surface area (Å²) in [4.78, 5) is 29.3. The van der Waals surface area contributed by atoms with E-state index in [1.807, 2.05) is 13.8 Å². The van der Waals surface area contributed by atoms with Gasteiger partial charge in [0.15, 0.2) is 5.79 Å². The van der Waals surface area contributed by atoms with Gasteiger partial charge < -0.3 is 18.9 Å². The molecule has 0 N–H and O–H groups in total. The SMILES string of the molecule is CC(=O)OC[C@@H]1C[C@H]2ON3C[C@H]4OC(C)(C)O[C@H]4[C@@H]3[C@H]2C(=O)O1. The molecule has 0 saturated carbocycles. The van der Waals surface area contributed by atoms with E-state index in [-0.39, 0.29) is 36.9 Å². The van der Waals surface area contributed by atoms with Crippen LogP contribution in [0.2, 0.25) is 0 Å². The predicted molar refractivity (Wildman–Crippen MR) is 73.8 cm³/mol. The highest BCUT2D eigenvalue weighted by atomic mass is 16.8. The molecule has 8 heteroatoms. The van der Waals surface area contributed by atoms with Gasteiger partial charge in [0, 0.05) is 13.3 Å². The first kappa shape index (κ1) is 15.3. The van der Waals surface area contributed by atoms with E-state index >= 15 is 0 Å². The molecule has 6 atom stereocenters. The van der Waals surface area contributed by atoms with E-state index in [4.69, 9.17) is 23.8 Å². The van der Waals surface area contributed by atoms with Gasteiger partial charge in [-0.1, -0.05) is 0 Å². The number of rotatable bonds is 2. The Morgan fingerprint density at radius 2 is 2.13 bits per heavy atom. The van der Waals surface area contributed by atoms with Gasteiger partial charge >= 0.3 is 11.9 Å². The molecule has 8 nitrogen and oxygen atoms in total. The number of cyclic esters (lactones) is 1. The van der Waals surface area contributed by atoms with Gasteiger partial charge in [-0.15, -0.1) is 0 Å². The molecule has 4 rings (SSSR count). The lowest BCUT2D eigenvalue weighted by atomic mass is 9.87. The molecule has 0 aromatic rings. The molecule has 4 aliphatic rings. The first-order chi connectivity index (χ1) is 10.8. The Labute approximate surface area is 133 Å². The Morgan fingerprint density at radius 1 is 1.35 bits per heavy atom. The third kappa shape index (κ3) is 2.53. The molecule has 0 aromatic carbocycles. The number of fused-ring (bicyclic) bond motifs is 5. The molecule has 4 heterocycles. The summed E-state index contributed by atoms with van der Waals surface area (Å²) < 4.78 is 22.2. The van der Waals surface area contributed by atoms with E-state index in [0.717, 1.165) is 0 Å². The fourth-order valence-electron chi connectivity index (χ4n) is 4.06. The number of esters is 2. The summed E-state index contributed by atoms with van der Waals surface area (Å²) in [6.07, 6.45) is -0.506. The van der Waals surface area contributed by atoms with Crippen molar-refractivity contribution in [2.75, 3.05) is 13.2 Å². The molecule has 128 valence electrons. The van der Waals surface area contributed by atoms with Crippen LogP contribution in [-0.2, 0) is 33.4 Å².